The third-order valence-electron chi connectivity index (χ3n) is 5.73. The van der Waals surface area contributed by atoms with Crippen LogP contribution in [0.5, 0.6) is 0 Å². The predicted octanol–water partition coefficient (Wildman–Crippen LogP) is 4.70. The minimum atomic E-state index is 0.0649. The van der Waals surface area contributed by atoms with Gasteiger partial charge in [0.25, 0.3) is 0 Å². The van der Waals surface area contributed by atoms with Crippen molar-refractivity contribution in [1.29, 1.82) is 0 Å². The summed E-state index contributed by atoms with van der Waals surface area (Å²) in [5.74, 6) is 1.95. The Labute approximate surface area is 148 Å². The van der Waals surface area contributed by atoms with Gasteiger partial charge in [0.2, 0.25) is 0 Å². The average Bonchev–Trinajstić information content (AvgIpc) is 3.23. The van der Waals surface area contributed by atoms with Crippen LogP contribution in [0.15, 0.2) is 18.3 Å². The van der Waals surface area contributed by atoms with E-state index in [2.05, 4.69) is 43.6 Å². The van der Waals surface area contributed by atoms with Gasteiger partial charge in [0.05, 0.1) is 5.69 Å². The van der Waals surface area contributed by atoms with E-state index in [-0.39, 0.29) is 10.8 Å². The summed E-state index contributed by atoms with van der Waals surface area (Å²) in [5.41, 5.74) is 3.63. The maximum Gasteiger partial charge on any atom is 0.137 e. The number of hydrogen-bond donors (Lipinski definition) is 0. The standard InChI is InChI=1S/C19H23ClN4/c1-5-18(3)11-24(14-9-15(20)21-10-13(14)18)16-8-12(2)22-17(23-16)19(4)6-7-19/h8-10H,5-7,11H2,1-4H3. The van der Waals surface area contributed by atoms with E-state index in [9.17, 15) is 0 Å². The highest BCUT2D eigenvalue weighted by molar-refractivity contribution is 6.29. The molecule has 0 saturated heterocycles. The van der Waals surface area contributed by atoms with E-state index in [0.717, 1.165) is 36.0 Å². The predicted molar refractivity (Wildman–Crippen MR) is 97.3 cm³/mol. The van der Waals surface area contributed by atoms with Crippen molar-refractivity contribution in [3.63, 3.8) is 0 Å². The highest BCUT2D eigenvalue weighted by Crippen LogP contribution is 2.48. The summed E-state index contributed by atoms with van der Waals surface area (Å²) in [6, 6.07) is 4.04. The Morgan fingerprint density at radius 2 is 1.96 bits per heavy atom. The van der Waals surface area contributed by atoms with Crippen molar-refractivity contribution in [1.82, 2.24) is 15.0 Å². The van der Waals surface area contributed by atoms with Crippen LogP contribution in [0.2, 0.25) is 5.15 Å². The van der Waals surface area contributed by atoms with Crippen LogP contribution < -0.4 is 4.90 Å². The molecule has 1 atom stereocenters. The summed E-state index contributed by atoms with van der Waals surface area (Å²) in [6.45, 7) is 9.71. The molecule has 4 nitrogen and oxygen atoms in total. The molecule has 1 fully saturated rings. The summed E-state index contributed by atoms with van der Waals surface area (Å²) in [6.07, 6.45) is 5.33. The molecule has 1 aliphatic carbocycles. The number of fused-ring (bicyclic) bond motifs is 1. The van der Waals surface area contributed by atoms with Crippen LogP contribution in [0.25, 0.3) is 0 Å². The van der Waals surface area contributed by atoms with Gasteiger partial charge in [-0.3, -0.25) is 0 Å². The van der Waals surface area contributed by atoms with Gasteiger partial charge in [0.15, 0.2) is 0 Å². The summed E-state index contributed by atoms with van der Waals surface area (Å²) in [7, 11) is 0. The molecule has 4 rings (SSSR count). The Bertz CT molecular complexity index is 815. The van der Waals surface area contributed by atoms with Gasteiger partial charge in [-0.25, -0.2) is 15.0 Å². The minimum absolute atomic E-state index is 0.0649. The van der Waals surface area contributed by atoms with Crippen LogP contribution in [0, 0.1) is 6.92 Å². The zero-order chi connectivity index (χ0) is 17.1. The van der Waals surface area contributed by atoms with Gasteiger partial charge < -0.3 is 4.90 Å². The SMILES string of the molecule is CCC1(C)CN(c2cc(C)nc(C3(C)CC3)n2)c2cc(Cl)ncc21. The molecule has 2 aromatic heterocycles. The molecule has 3 heterocycles. The highest BCUT2D eigenvalue weighted by atomic mass is 35.5. The van der Waals surface area contributed by atoms with E-state index < -0.39 is 0 Å². The number of aromatic nitrogens is 3. The van der Waals surface area contributed by atoms with Crippen molar-refractivity contribution >= 4 is 23.1 Å². The molecule has 126 valence electrons. The van der Waals surface area contributed by atoms with Crippen LogP contribution in [0.3, 0.4) is 0 Å². The molecule has 1 aliphatic heterocycles. The Hall–Kier alpha value is -1.68. The maximum atomic E-state index is 6.19. The zero-order valence-corrected chi connectivity index (χ0v) is 15.5. The van der Waals surface area contributed by atoms with E-state index >= 15 is 0 Å². The highest BCUT2D eigenvalue weighted by Gasteiger charge is 2.43. The number of nitrogens with zero attached hydrogens (tertiary/aromatic N) is 4. The van der Waals surface area contributed by atoms with Crippen LogP contribution in [0.4, 0.5) is 11.5 Å². The molecule has 1 unspecified atom stereocenters. The van der Waals surface area contributed by atoms with Gasteiger partial charge in [-0.2, -0.15) is 0 Å². The number of aryl methyl sites for hydroxylation is 1. The lowest BCUT2D eigenvalue weighted by molar-refractivity contribution is 0.489. The van der Waals surface area contributed by atoms with Gasteiger partial charge in [0.1, 0.15) is 16.8 Å². The van der Waals surface area contributed by atoms with Crippen molar-refractivity contribution in [2.45, 2.75) is 57.8 Å². The fraction of sp³-hybridized carbons (Fsp3) is 0.526. The monoisotopic (exact) mass is 342 g/mol. The third-order valence-corrected chi connectivity index (χ3v) is 5.94. The molecular formula is C19H23ClN4. The third kappa shape index (κ3) is 2.39. The first-order valence-corrected chi connectivity index (χ1v) is 9.02. The normalized spacial score (nSPS) is 24.1. The van der Waals surface area contributed by atoms with Crippen LogP contribution in [-0.4, -0.2) is 21.5 Å². The number of rotatable bonds is 3. The van der Waals surface area contributed by atoms with Crippen molar-refractivity contribution in [2.75, 3.05) is 11.4 Å². The molecule has 0 spiro atoms. The fourth-order valence-corrected chi connectivity index (χ4v) is 3.66. The van der Waals surface area contributed by atoms with Gasteiger partial charge in [-0.1, -0.05) is 32.4 Å². The first-order chi connectivity index (χ1) is 11.3. The Morgan fingerprint density at radius 1 is 1.21 bits per heavy atom. The van der Waals surface area contributed by atoms with Gasteiger partial charge in [0, 0.05) is 40.9 Å². The lowest BCUT2D eigenvalue weighted by Gasteiger charge is -2.25. The average molecular weight is 343 g/mol. The fourth-order valence-electron chi connectivity index (χ4n) is 3.51. The molecule has 2 aromatic rings. The van der Waals surface area contributed by atoms with Gasteiger partial charge in [-0.05, 0) is 32.3 Å². The lowest BCUT2D eigenvalue weighted by atomic mass is 9.83. The van der Waals surface area contributed by atoms with Crippen LogP contribution in [-0.2, 0) is 10.8 Å². The van der Waals surface area contributed by atoms with Crippen LogP contribution in [0.1, 0.15) is 57.1 Å². The quantitative estimate of drug-likeness (QED) is 0.758. The molecule has 2 aliphatic rings. The molecule has 24 heavy (non-hydrogen) atoms. The number of anilines is 2. The second kappa shape index (κ2) is 5.16. The first-order valence-electron chi connectivity index (χ1n) is 8.64. The van der Waals surface area contributed by atoms with E-state index in [1.54, 1.807) is 0 Å². The molecule has 5 heteroatoms. The number of pyridine rings is 1. The summed E-state index contributed by atoms with van der Waals surface area (Å²) < 4.78 is 0. The second-order valence-electron chi connectivity index (χ2n) is 7.78. The Kier molecular flexibility index (Phi) is 3.40. The van der Waals surface area contributed by atoms with E-state index in [4.69, 9.17) is 21.6 Å². The van der Waals surface area contributed by atoms with Crippen molar-refractivity contribution < 1.29 is 0 Å². The Balaban J connectivity index is 1.84. The molecule has 1 saturated carbocycles. The van der Waals surface area contributed by atoms with Crippen molar-refractivity contribution in [2.24, 2.45) is 0 Å². The first kappa shape index (κ1) is 15.8. The molecule has 0 bridgehead atoms. The zero-order valence-electron chi connectivity index (χ0n) is 14.7. The largest absolute Gasteiger partial charge is 0.325 e. The molecular weight excluding hydrogens is 320 g/mol. The summed E-state index contributed by atoms with van der Waals surface area (Å²) in [4.78, 5) is 16.2. The van der Waals surface area contributed by atoms with Crippen molar-refractivity contribution in [3.8, 4) is 0 Å². The van der Waals surface area contributed by atoms with Crippen molar-refractivity contribution in [3.05, 3.63) is 40.6 Å². The minimum Gasteiger partial charge on any atom is -0.325 e. The van der Waals surface area contributed by atoms with E-state index in [1.165, 1.54) is 18.4 Å². The summed E-state index contributed by atoms with van der Waals surface area (Å²) >= 11 is 6.19. The second-order valence-corrected chi connectivity index (χ2v) is 8.16. The Morgan fingerprint density at radius 3 is 2.62 bits per heavy atom. The molecule has 0 aromatic carbocycles. The number of halogens is 1. The molecule has 0 radical (unpaired) electrons. The molecule has 0 amide bonds. The topological polar surface area (TPSA) is 41.9 Å². The molecule has 0 N–H and O–H groups in total. The van der Waals surface area contributed by atoms with Gasteiger partial charge >= 0.3 is 0 Å². The number of hydrogen-bond acceptors (Lipinski definition) is 4. The van der Waals surface area contributed by atoms with E-state index in [0.29, 0.717) is 5.15 Å². The summed E-state index contributed by atoms with van der Waals surface area (Å²) in [5, 5.41) is 0.527. The lowest BCUT2D eigenvalue weighted by Crippen LogP contribution is -2.28. The van der Waals surface area contributed by atoms with Crippen LogP contribution >= 0.6 is 11.6 Å². The van der Waals surface area contributed by atoms with Gasteiger partial charge in [-0.15, -0.1) is 0 Å². The van der Waals surface area contributed by atoms with E-state index in [1.807, 2.05) is 12.3 Å². The maximum absolute atomic E-state index is 6.19. The smallest absolute Gasteiger partial charge is 0.137 e.